The minimum absolute atomic E-state index is 0.376. The SMILES string of the molecule is CCOCCOC(=S)Nc1ccccc1. The van der Waals surface area contributed by atoms with Crippen molar-refractivity contribution in [2.75, 3.05) is 25.1 Å². The molecule has 0 spiro atoms. The molecule has 0 radical (unpaired) electrons. The van der Waals surface area contributed by atoms with Gasteiger partial charge >= 0.3 is 0 Å². The Morgan fingerprint density at radius 2 is 2.00 bits per heavy atom. The van der Waals surface area contributed by atoms with Crippen molar-refractivity contribution < 1.29 is 9.47 Å². The van der Waals surface area contributed by atoms with Gasteiger partial charge in [-0.2, -0.15) is 0 Å². The van der Waals surface area contributed by atoms with Crippen LogP contribution >= 0.6 is 12.2 Å². The Morgan fingerprint density at radius 1 is 1.27 bits per heavy atom. The van der Waals surface area contributed by atoms with Gasteiger partial charge in [0.2, 0.25) is 0 Å². The van der Waals surface area contributed by atoms with Gasteiger partial charge in [0.15, 0.2) is 0 Å². The lowest BCUT2D eigenvalue weighted by molar-refractivity contribution is 0.107. The fraction of sp³-hybridized carbons (Fsp3) is 0.364. The summed E-state index contributed by atoms with van der Waals surface area (Å²) in [6.45, 7) is 3.68. The number of ether oxygens (including phenoxy) is 2. The fourth-order valence-electron chi connectivity index (χ4n) is 1.01. The number of hydrogen-bond donors (Lipinski definition) is 1. The third kappa shape index (κ3) is 5.34. The van der Waals surface area contributed by atoms with Gasteiger partial charge in [-0.15, -0.1) is 0 Å². The van der Waals surface area contributed by atoms with Crippen LogP contribution in [0.1, 0.15) is 6.92 Å². The molecule has 1 aromatic rings. The Hall–Kier alpha value is -1.13. The minimum atomic E-state index is 0.376. The molecular formula is C11H15NO2S. The molecule has 0 unspecified atom stereocenters. The van der Waals surface area contributed by atoms with Crippen LogP contribution in [0.5, 0.6) is 0 Å². The predicted molar refractivity (Wildman–Crippen MR) is 65.1 cm³/mol. The molecule has 15 heavy (non-hydrogen) atoms. The van der Waals surface area contributed by atoms with E-state index >= 15 is 0 Å². The van der Waals surface area contributed by atoms with E-state index in [4.69, 9.17) is 21.7 Å². The number of thiocarbonyl (C=S) groups is 1. The van der Waals surface area contributed by atoms with E-state index in [0.29, 0.717) is 25.0 Å². The van der Waals surface area contributed by atoms with Gasteiger partial charge in [-0.3, -0.25) is 0 Å². The maximum absolute atomic E-state index is 5.24. The van der Waals surface area contributed by atoms with Crippen molar-refractivity contribution >= 4 is 23.1 Å². The fourth-order valence-corrected chi connectivity index (χ4v) is 1.21. The van der Waals surface area contributed by atoms with Crippen LogP contribution in [0.3, 0.4) is 0 Å². The van der Waals surface area contributed by atoms with Crippen LogP contribution in [0.15, 0.2) is 30.3 Å². The van der Waals surface area contributed by atoms with E-state index in [9.17, 15) is 0 Å². The molecule has 3 nitrogen and oxygen atoms in total. The Morgan fingerprint density at radius 3 is 2.67 bits per heavy atom. The zero-order chi connectivity index (χ0) is 10.9. The lowest BCUT2D eigenvalue weighted by Gasteiger charge is -2.09. The molecule has 0 fully saturated rings. The average molecular weight is 225 g/mol. The second kappa shape index (κ2) is 7.20. The van der Waals surface area contributed by atoms with Crippen LogP contribution in [0.2, 0.25) is 0 Å². The summed E-state index contributed by atoms with van der Waals surface area (Å²) in [6, 6.07) is 9.68. The smallest absolute Gasteiger partial charge is 0.261 e. The monoisotopic (exact) mass is 225 g/mol. The van der Waals surface area contributed by atoms with Crippen LogP contribution in [-0.4, -0.2) is 25.0 Å². The zero-order valence-electron chi connectivity index (χ0n) is 8.73. The lowest BCUT2D eigenvalue weighted by atomic mass is 10.3. The summed E-state index contributed by atoms with van der Waals surface area (Å²) in [7, 11) is 0. The standard InChI is InChI=1S/C11H15NO2S/c1-2-13-8-9-14-11(15)12-10-6-4-3-5-7-10/h3-7H,2,8-9H2,1H3,(H,12,15). The van der Waals surface area contributed by atoms with Gasteiger partial charge in [0.25, 0.3) is 5.17 Å². The highest BCUT2D eigenvalue weighted by Gasteiger charge is 1.97. The predicted octanol–water partition coefficient (Wildman–Crippen LogP) is 2.44. The summed E-state index contributed by atoms with van der Waals surface area (Å²) in [5.41, 5.74) is 0.930. The van der Waals surface area contributed by atoms with Gasteiger partial charge < -0.3 is 14.8 Å². The van der Waals surface area contributed by atoms with Gasteiger partial charge in [0.05, 0.1) is 6.61 Å². The first-order chi connectivity index (χ1) is 7.33. The number of benzene rings is 1. The molecule has 0 saturated carbocycles. The molecule has 1 N–H and O–H groups in total. The number of nitrogens with one attached hydrogen (secondary N) is 1. The highest BCUT2D eigenvalue weighted by atomic mass is 32.1. The largest absolute Gasteiger partial charge is 0.468 e. The van der Waals surface area contributed by atoms with Crippen LogP contribution in [0, 0.1) is 0 Å². The van der Waals surface area contributed by atoms with Crippen LogP contribution in [0.4, 0.5) is 5.69 Å². The van der Waals surface area contributed by atoms with Gasteiger partial charge in [-0.25, -0.2) is 0 Å². The van der Waals surface area contributed by atoms with Crippen molar-refractivity contribution in [1.29, 1.82) is 0 Å². The number of hydrogen-bond acceptors (Lipinski definition) is 3. The van der Waals surface area contributed by atoms with E-state index in [1.165, 1.54) is 0 Å². The summed E-state index contributed by atoms with van der Waals surface area (Å²) in [5.74, 6) is 0. The summed E-state index contributed by atoms with van der Waals surface area (Å²) < 4.78 is 10.4. The normalized spacial score (nSPS) is 9.67. The lowest BCUT2D eigenvalue weighted by Crippen LogP contribution is -2.16. The maximum Gasteiger partial charge on any atom is 0.261 e. The Kier molecular flexibility index (Phi) is 5.73. The van der Waals surface area contributed by atoms with Crippen molar-refractivity contribution in [1.82, 2.24) is 0 Å². The molecular weight excluding hydrogens is 210 g/mol. The van der Waals surface area contributed by atoms with E-state index in [0.717, 1.165) is 5.69 Å². The zero-order valence-corrected chi connectivity index (χ0v) is 9.55. The molecule has 1 rings (SSSR count). The number of para-hydroxylation sites is 1. The molecule has 4 heteroatoms. The molecule has 0 bridgehead atoms. The Bertz CT molecular complexity index is 290. The molecule has 0 saturated heterocycles. The summed E-state index contributed by atoms with van der Waals surface area (Å²) in [4.78, 5) is 0. The van der Waals surface area contributed by atoms with Gasteiger partial charge in [0.1, 0.15) is 6.61 Å². The van der Waals surface area contributed by atoms with Gasteiger partial charge in [-0.05, 0) is 31.3 Å². The quantitative estimate of drug-likeness (QED) is 0.616. The van der Waals surface area contributed by atoms with Crippen molar-refractivity contribution in [3.63, 3.8) is 0 Å². The first-order valence-corrected chi connectivity index (χ1v) is 5.30. The molecule has 0 aliphatic carbocycles. The molecule has 0 amide bonds. The second-order valence-corrected chi connectivity index (χ2v) is 3.19. The molecule has 0 aliphatic rings. The first-order valence-electron chi connectivity index (χ1n) is 4.89. The summed E-state index contributed by atoms with van der Waals surface area (Å²) >= 11 is 5.00. The number of anilines is 1. The highest BCUT2D eigenvalue weighted by Crippen LogP contribution is 2.05. The summed E-state index contributed by atoms with van der Waals surface area (Å²) in [5, 5.41) is 3.35. The van der Waals surface area contributed by atoms with Crippen LogP contribution in [0.25, 0.3) is 0 Å². The minimum Gasteiger partial charge on any atom is -0.468 e. The highest BCUT2D eigenvalue weighted by molar-refractivity contribution is 7.80. The van der Waals surface area contributed by atoms with E-state index in [-0.39, 0.29) is 0 Å². The maximum atomic E-state index is 5.24. The van der Waals surface area contributed by atoms with Crippen LogP contribution < -0.4 is 5.32 Å². The Balaban J connectivity index is 2.19. The second-order valence-electron chi connectivity index (χ2n) is 2.82. The van der Waals surface area contributed by atoms with Crippen molar-refractivity contribution in [3.8, 4) is 0 Å². The van der Waals surface area contributed by atoms with Crippen molar-refractivity contribution in [2.45, 2.75) is 6.92 Å². The third-order valence-electron chi connectivity index (χ3n) is 1.69. The van der Waals surface area contributed by atoms with E-state index in [1.807, 2.05) is 37.3 Å². The van der Waals surface area contributed by atoms with Crippen molar-refractivity contribution in [2.24, 2.45) is 0 Å². The van der Waals surface area contributed by atoms with Crippen molar-refractivity contribution in [3.05, 3.63) is 30.3 Å². The van der Waals surface area contributed by atoms with E-state index in [2.05, 4.69) is 5.32 Å². The summed E-state index contributed by atoms with van der Waals surface area (Å²) in [6.07, 6.45) is 0. The molecule has 82 valence electrons. The average Bonchev–Trinajstić information content (AvgIpc) is 2.26. The van der Waals surface area contributed by atoms with Gasteiger partial charge in [-0.1, -0.05) is 18.2 Å². The molecule has 0 aromatic heterocycles. The number of rotatable bonds is 5. The topological polar surface area (TPSA) is 30.5 Å². The van der Waals surface area contributed by atoms with Crippen LogP contribution in [-0.2, 0) is 9.47 Å². The third-order valence-corrected chi connectivity index (χ3v) is 1.91. The Labute approximate surface area is 95.4 Å². The first kappa shape index (κ1) is 11.9. The molecule has 0 atom stereocenters. The van der Waals surface area contributed by atoms with Gasteiger partial charge in [0, 0.05) is 12.3 Å². The molecule has 0 aliphatic heterocycles. The van der Waals surface area contributed by atoms with E-state index in [1.54, 1.807) is 0 Å². The molecule has 0 heterocycles. The molecule has 1 aromatic carbocycles. The van der Waals surface area contributed by atoms with E-state index < -0.39 is 0 Å².